The van der Waals surface area contributed by atoms with Crippen molar-refractivity contribution in [2.75, 3.05) is 0 Å². The topological polar surface area (TPSA) is 50.9 Å². The monoisotopic (exact) mass is 269 g/mol. The summed E-state index contributed by atoms with van der Waals surface area (Å²) in [6.45, 7) is 0. The molecule has 0 saturated carbocycles. The van der Waals surface area contributed by atoms with Crippen LogP contribution in [0.3, 0.4) is 0 Å². The number of nitrogens with zero attached hydrogens (tertiary/aromatic N) is 1. The first kappa shape index (κ1) is 12.3. The van der Waals surface area contributed by atoms with Crippen molar-refractivity contribution in [2.45, 2.75) is 12.5 Å². The normalized spacial score (nSPS) is 12.7. The fourth-order valence-corrected chi connectivity index (χ4v) is 2.94. The fourth-order valence-electron chi connectivity index (χ4n) is 2.33. The Labute approximate surface area is 116 Å². The summed E-state index contributed by atoms with van der Waals surface area (Å²) >= 11 is 1.59. The first-order chi connectivity index (χ1) is 9.38. The quantitative estimate of drug-likeness (QED) is 0.565. The highest BCUT2D eigenvalue weighted by molar-refractivity contribution is 7.07. The van der Waals surface area contributed by atoms with Gasteiger partial charge in [0.05, 0.1) is 17.2 Å². The molecule has 96 valence electrons. The Morgan fingerprint density at radius 1 is 1.16 bits per heavy atom. The Hall–Kier alpha value is -1.75. The molecule has 3 aromatic rings. The SMILES string of the molecule is NNC(Cc1cccc2ccccc12)c1cscn1. The molecule has 3 rings (SSSR count). The van der Waals surface area contributed by atoms with Crippen molar-refractivity contribution in [3.63, 3.8) is 0 Å². The zero-order chi connectivity index (χ0) is 13.1. The van der Waals surface area contributed by atoms with Crippen molar-refractivity contribution in [3.8, 4) is 0 Å². The van der Waals surface area contributed by atoms with E-state index in [2.05, 4.69) is 52.9 Å². The van der Waals surface area contributed by atoms with Crippen LogP contribution in [0.5, 0.6) is 0 Å². The van der Waals surface area contributed by atoms with Crippen LogP contribution in [0, 0.1) is 0 Å². The number of benzene rings is 2. The molecule has 0 radical (unpaired) electrons. The molecule has 3 nitrogen and oxygen atoms in total. The summed E-state index contributed by atoms with van der Waals surface area (Å²) in [6.07, 6.45) is 0.835. The number of hydrogen-bond donors (Lipinski definition) is 2. The Balaban J connectivity index is 1.96. The third-order valence-corrected chi connectivity index (χ3v) is 3.92. The van der Waals surface area contributed by atoms with E-state index in [0.29, 0.717) is 0 Å². The minimum absolute atomic E-state index is 0.0528. The van der Waals surface area contributed by atoms with Gasteiger partial charge in [0.2, 0.25) is 0 Å². The third-order valence-electron chi connectivity index (χ3n) is 3.31. The highest BCUT2D eigenvalue weighted by atomic mass is 32.1. The Kier molecular flexibility index (Phi) is 3.55. The summed E-state index contributed by atoms with van der Waals surface area (Å²) in [5.41, 5.74) is 6.98. The lowest BCUT2D eigenvalue weighted by molar-refractivity contribution is 0.542. The van der Waals surface area contributed by atoms with Gasteiger partial charge >= 0.3 is 0 Å². The molecule has 0 fully saturated rings. The Bertz CT molecular complexity index is 659. The van der Waals surface area contributed by atoms with Crippen LogP contribution < -0.4 is 11.3 Å². The number of rotatable bonds is 4. The molecule has 2 aromatic carbocycles. The van der Waals surface area contributed by atoms with Gasteiger partial charge in [-0.3, -0.25) is 11.3 Å². The van der Waals surface area contributed by atoms with Gasteiger partial charge in [0.25, 0.3) is 0 Å². The van der Waals surface area contributed by atoms with Gasteiger partial charge in [0.1, 0.15) is 0 Å². The van der Waals surface area contributed by atoms with Crippen LogP contribution in [0.2, 0.25) is 0 Å². The lowest BCUT2D eigenvalue weighted by Crippen LogP contribution is -2.29. The molecule has 0 saturated heterocycles. The van der Waals surface area contributed by atoms with Gasteiger partial charge in [-0.1, -0.05) is 42.5 Å². The van der Waals surface area contributed by atoms with Crippen LogP contribution in [0.4, 0.5) is 0 Å². The van der Waals surface area contributed by atoms with Crippen LogP contribution in [0.1, 0.15) is 17.3 Å². The van der Waals surface area contributed by atoms with Crippen LogP contribution in [-0.2, 0) is 6.42 Å². The van der Waals surface area contributed by atoms with Crippen molar-refractivity contribution in [1.82, 2.24) is 10.4 Å². The minimum Gasteiger partial charge on any atom is -0.271 e. The first-order valence-electron chi connectivity index (χ1n) is 6.19. The summed E-state index contributed by atoms with van der Waals surface area (Å²) in [6, 6.07) is 14.8. The summed E-state index contributed by atoms with van der Waals surface area (Å²) in [5.74, 6) is 5.67. The highest BCUT2D eigenvalue weighted by Crippen LogP contribution is 2.24. The van der Waals surface area contributed by atoms with Crippen LogP contribution >= 0.6 is 11.3 Å². The lowest BCUT2D eigenvalue weighted by Gasteiger charge is -2.15. The summed E-state index contributed by atoms with van der Waals surface area (Å²) < 4.78 is 0. The Morgan fingerprint density at radius 2 is 2.00 bits per heavy atom. The van der Waals surface area contributed by atoms with E-state index in [-0.39, 0.29) is 6.04 Å². The average Bonchev–Trinajstić information content (AvgIpc) is 2.99. The molecule has 4 heteroatoms. The molecule has 1 atom stereocenters. The van der Waals surface area contributed by atoms with E-state index >= 15 is 0 Å². The molecule has 0 amide bonds. The zero-order valence-corrected chi connectivity index (χ0v) is 11.2. The highest BCUT2D eigenvalue weighted by Gasteiger charge is 2.13. The molecule has 1 aromatic heterocycles. The Morgan fingerprint density at radius 3 is 2.79 bits per heavy atom. The predicted molar refractivity (Wildman–Crippen MR) is 79.8 cm³/mol. The van der Waals surface area contributed by atoms with E-state index in [1.807, 2.05) is 10.9 Å². The summed E-state index contributed by atoms with van der Waals surface area (Å²) in [4.78, 5) is 4.34. The number of aromatic nitrogens is 1. The van der Waals surface area contributed by atoms with Gasteiger partial charge in [0.15, 0.2) is 0 Å². The summed E-state index contributed by atoms with van der Waals surface area (Å²) in [7, 11) is 0. The molecule has 0 aliphatic carbocycles. The smallest absolute Gasteiger partial charge is 0.0795 e. The fraction of sp³-hybridized carbons (Fsp3) is 0.133. The number of fused-ring (bicyclic) bond motifs is 1. The van der Waals surface area contributed by atoms with Crippen LogP contribution in [0.15, 0.2) is 53.4 Å². The number of hydrazine groups is 1. The maximum Gasteiger partial charge on any atom is 0.0795 e. The second-order valence-electron chi connectivity index (χ2n) is 4.47. The number of thiazole rings is 1. The van der Waals surface area contributed by atoms with Gasteiger partial charge in [-0.05, 0) is 22.8 Å². The maximum atomic E-state index is 5.67. The van der Waals surface area contributed by atoms with E-state index in [1.54, 1.807) is 11.3 Å². The number of hydrogen-bond acceptors (Lipinski definition) is 4. The molecule has 0 bridgehead atoms. The van der Waals surface area contributed by atoms with Gasteiger partial charge < -0.3 is 0 Å². The van der Waals surface area contributed by atoms with Crippen molar-refractivity contribution in [1.29, 1.82) is 0 Å². The van der Waals surface area contributed by atoms with Crippen molar-refractivity contribution >= 4 is 22.1 Å². The van der Waals surface area contributed by atoms with E-state index < -0.39 is 0 Å². The van der Waals surface area contributed by atoms with E-state index in [1.165, 1.54) is 16.3 Å². The van der Waals surface area contributed by atoms with Crippen LogP contribution in [0.25, 0.3) is 10.8 Å². The number of nitrogens with one attached hydrogen (secondary N) is 1. The number of nitrogens with two attached hydrogens (primary N) is 1. The first-order valence-corrected chi connectivity index (χ1v) is 7.13. The second-order valence-corrected chi connectivity index (χ2v) is 5.19. The molecule has 0 spiro atoms. The molecular weight excluding hydrogens is 254 g/mol. The van der Waals surface area contributed by atoms with Crippen molar-refractivity contribution in [3.05, 3.63) is 64.6 Å². The molecule has 3 N–H and O–H groups in total. The van der Waals surface area contributed by atoms with Gasteiger partial charge in [-0.25, -0.2) is 4.98 Å². The van der Waals surface area contributed by atoms with Crippen LogP contribution in [-0.4, -0.2) is 4.98 Å². The molecule has 19 heavy (non-hydrogen) atoms. The standard InChI is InChI=1S/C15H15N3S/c16-18-14(15-9-19-10-17-15)8-12-6-3-5-11-4-1-2-7-13(11)12/h1-7,9-10,14,18H,8,16H2. The van der Waals surface area contributed by atoms with Gasteiger partial charge in [-0.2, -0.15) is 0 Å². The van der Waals surface area contributed by atoms with E-state index in [9.17, 15) is 0 Å². The average molecular weight is 269 g/mol. The largest absolute Gasteiger partial charge is 0.271 e. The molecule has 1 heterocycles. The third kappa shape index (κ3) is 2.51. The van der Waals surface area contributed by atoms with E-state index in [4.69, 9.17) is 5.84 Å². The van der Waals surface area contributed by atoms with Crippen molar-refractivity contribution < 1.29 is 0 Å². The maximum absolute atomic E-state index is 5.67. The van der Waals surface area contributed by atoms with E-state index in [0.717, 1.165) is 12.1 Å². The zero-order valence-electron chi connectivity index (χ0n) is 10.4. The van der Waals surface area contributed by atoms with Crippen molar-refractivity contribution in [2.24, 2.45) is 5.84 Å². The lowest BCUT2D eigenvalue weighted by atomic mass is 9.98. The molecular formula is C15H15N3S. The predicted octanol–water partition coefficient (Wildman–Crippen LogP) is 3.04. The molecule has 1 unspecified atom stereocenters. The van der Waals surface area contributed by atoms with Gasteiger partial charge in [-0.15, -0.1) is 11.3 Å². The minimum atomic E-state index is 0.0528. The molecule has 0 aliphatic heterocycles. The molecule has 0 aliphatic rings. The summed E-state index contributed by atoms with van der Waals surface area (Å²) in [5, 5.41) is 4.57. The second kappa shape index (κ2) is 5.48. The van der Waals surface area contributed by atoms with Gasteiger partial charge in [0, 0.05) is 5.38 Å².